The van der Waals surface area contributed by atoms with Gasteiger partial charge in [0.15, 0.2) is 11.6 Å². The van der Waals surface area contributed by atoms with Crippen molar-refractivity contribution in [2.45, 2.75) is 18.6 Å². The molecule has 1 fully saturated rings. The predicted molar refractivity (Wildman–Crippen MR) is 62.7 cm³/mol. The number of nitrogens with zero attached hydrogens (tertiary/aromatic N) is 2. The smallest absolute Gasteiger partial charge is 0.244 e. The van der Waals surface area contributed by atoms with E-state index in [2.05, 4.69) is 15.5 Å². The first-order valence-electron chi connectivity index (χ1n) is 5.87. The van der Waals surface area contributed by atoms with Crippen LogP contribution in [0.3, 0.4) is 0 Å². The molecule has 0 spiro atoms. The number of aliphatic hydroxyl groups is 1. The summed E-state index contributed by atoms with van der Waals surface area (Å²) in [6.07, 6.45) is 0.0810. The first-order chi connectivity index (χ1) is 9.13. The fourth-order valence-corrected chi connectivity index (χ4v) is 2.05. The van der Waals surface area contributed by atoms with Gasteiger partial charge in [-0.1, -0.05) is 5.16 Å². The van der Waals surface area contributed by atoms with Gasteiger partial charge in [0.1, 0.15) is 0 Å². The van der Waals surface area contributed by atoms with Crippen molar-refractivity contribution in [2.24, 2.45) is 0 Å². The molecule has 1 saturated heterocycles. The van der Waals surface area contributed by atoms with Crippen molar-refractivity contribution in [2.75, 3.05) is 6.54 Å². The molecule has 7 heteroatoms. The molecule has 6 nitrogen and oxygen atoms in total. The van der Waals surface area contributed by atoms with E-state index in [-0.39, 0.29) is 11.9 Å². The fourth-order valence-electron chi connectivity index (χ4n) is 2.05. The zero-order chi connectivity index (χ0) is 13.4. The quantitative estimate of drug-likeness (QED) is 0.749. The molecule has 0 radical (unpaired) electrons. The number of rotatable bonds is 2. The maximum absolute atomic E-state index is 13.2. The number of halogens is 1. The van der Waals surface area contributed by atoms with Crippen LogP contribution in [0.1, 0.15) is 18.4 Å². The molecular weight excluding hydrogens is 253 g/mol. The Bertz CT molecular complexity index is 602. The molecule has 2 atom stereocenters. The highest BCUT2D eigenvalue weighted by molar-refractivity contribution is 5.55. The first kappa shape index (κ1) is 12.1. The van der Waals surface area contributed by atoms with Gasteiger partial charge in [0.2, 0.25) is 11.7 Å². The summed E-state index contributed by atoms with van der Waals surface area (Å²) in [6.45, 7) is 0.482. The van der Waals surface area contributed by atoms with Crippen LogP contribution in [0, 0.1) is 5.82 Å². The Hall–Kier alpha value is -1.99. The van der Waals surface area contributed by atoms with Crippen LogP contribution in [0.2, 0.25) is 0 Å². The van der Waals surface area contributed by atoms with Crippen LogP contribution in [-0.4, -0.2) is 33.0 Å². The summed E-state index contributed by atoms with van der Waals surface area (Å²) >= 11 is 0. The minimum atomic E-state index is -0.738. The second-order valence-corrected chi connectivity index (χ2v) is 4.47. The topological polar surface area (TPSA) is 91.4 Å². The highest BCUT2D eigenvalue weighted by Crippen LogP contribution is 2.26. The monoisotopic (exact) mass is 265 g/mol. The fraction of sp³-hybridized carbons (Fsp3) is 0.333. The molecule has 3 rings (SSSR count). The van der Waals surface area contributed by atoms with E-state index >= 15 is 0 Å². The van der Waals surface area contributed by atoms with Gasteiger partial charge in [-0.25, -0.2) is 4.39 Å². The number of aromatic hydroxyl groups is 1. The Morgan fingerprint density at radius 3 is 2.95 bits per heavy atom. The molecule has 1 aromatic heterocycles. The van der Waals surface area contributed by atoms with Crippen molar-refractivity contribution >= 4 is 0 Å². The Balaban J connectivity index is 1.86. The summed E-state index contributed by atoms with van der Waals surface area (Å²) in [7, 11) is 0. The predicted octanol–water partition coefficient (Wildman–Crippen LogP) is 0.977. The summed E-state index contributed by atoms with van der Waals surface area (Å²) in [4.78, 5) is 4.17. The van der Waals surface area contributed by atoms with E-state index in [9.17, 15) is 9.50 Å². The van der Waals surface area contributed by atoms with Crippen molar-refractivity contribution in [3.05, 3.63) is 29.9 Å². The van der Waals surface area contributed by atoms with Crippen LogP contribution < -0.4 is 5.32 Å². The van der Waals surface area contributed by atoms with Crippen LogP contribution in [0.15, 0.2) is 22.7 Å². The molecule has 2 heterocycles. The summed E-state index contributed by atoms with van der Waals surface area (Å²) < 4.78 is 18.3. The number of nitrogens with one attached hydrogen (secondary N) is 1. The van der Waals surface area contributed by atoms with Gasteiger partial charge in [-0.15, -0.1) is 0 Å². The molecular formula is C12H12FN3O3. The number of hydrogen-bond donors (Lipinski definition) is 3. The summed E-state index contributed by atoms with van der Waals surface area (Å²) in [5, 5.41) is 25.4. The molecule has 0 amide bonds. The number of aliphatic hydroxyl groups excluding tert-OH is 1. The maximum atomic E-state index is 13.2. The number of aromatic nitrogens is 2. The van der Waals surface area contributed by atoms with E-state index < -0.39 is 17.7 Å². The van der Waals surface area contributed by atoms with Crippen LogP contribution in [-0.2, 0) is 0 Å². The zero-order valence-corrected chi connectivity index (χ0v) is 9.88. The number of benzene rings is 1. The summed E-state index contributed by atoms with van der Waals surface area (Å²) in [5.74, 6) is -0.552. The maximum Gasteiger partial charge on any atom is 0.244 e. The van der Waals surface area contributed by atoms with Crippen LogP contribution in [0.4, 0.5) is 4.39 Å². The average Bonchev–Trinajstić information content (AvgIpc) is 3.01. The zero-order valence-electron chi connectivity index (χ0n) is 9.88. The van der Waals surface area contributed by atoms with Crippen LogP contribution >= 0.6 is 0 Å². The van der Waals surface area contributed by atoms with Gasteiger partial charge in [0, 0.05) is 12.1 Å². The van der Waals surface area contributed by atoms with E-state index in [1.807, 2.05) is 0 Å². The van der Waals surface area contributed by atoms with Gasteiger partial charge in [0.25, 0.3) is 0 Å². The Morgan fingerprint density at radius 1 is 1.42 bits per heavy atom. The highest BCUT2D eigenvalue weighted by atomic mass is 19.1. The van der Waals surface area contributed by atoms with E-state index in [1.54, 1.807) is 0 Å². The average molecular weight is 265 g/mol. The van der Waals surface area contributed by atoms with Crippen molar-refractivity contribution in [3.8, 4) is 17.1 Å². The molecule has 1 aliphatic heterocycles. The molecule has 0 unspecified atom stereocenters. The second kappa shape index (κ2) is 4.60. The third kappa shape index (κ3) is 2.29. The standard InChI is InChI=1S/C12H12FN3O3/c13-8-3-6(1-2-10(8)18)11-15-12(19-16-11)9-4-7(17)5-14-9/h1-3,7,9,14,17-18H,4-5H2/t7-,9+/m1/s1. The molecule has 19 heavy (non-hydrogen) atoms. The van der Waals surface area contributed by atoms with Gasteiger partial charge < -0.3 is 20.1 Å². The molecule has 0 bridgehead atoms. The Kier molecular flexibility index (Phi) is 2.92. The lowest BCUT2D eigenvalue weighted by molar-refractivity contribution is 0.191. The van der Waals surface area contributed by atoms with Crippen LogP contribution in [0.25, 0.3) is 11.4 Å². The third-order valence-electron chi connectivity index (χ3n) is 3.05. The number of phenolic OH excluding ortho intramolecular Hbond substituents is 1. The Morgan fingerprint density at radius 2 is 2.26 bits per heavy atom. The molecule has 3 N–H and O–H groups in total. The largest absolute Gasteiger partial charge is 0.505 e. The lowest BCUT2D eigenvalue weighted by Gasteiger charge is -2.01. The van der Waals surface area contributed by atoms with Gasteiger partial charge in [-0.05, 0) is 24.6 Å². The minimum Gasteiger partial charge on any atom is -0.505 e. The minimum absolute atomic E-state index is 0.182. The Labute approximate surface area is 107 Å². The summed E-state index contributed by atoms with van der Waals surface area (Å²) in [6, 6.07) is 3.70. The number of phenols is 1. The van der Waals surface area contributed by atoms with E-state index in [1.165, 1.54) is 12.1 Å². The van der Waals surface area contributed by atoms with Crippen molar-refractivity contribution in [1.29, 1.82) is 0 Å². The van der Waals surface area contributed by atoms with Crippen molar-refractivity contribution < 1.29 is 19.1 Å². The molecule has 2 aromatic rings. The van der Waals surface area contributed by atoms with E-state index in [0.29, 0.717) is 24.4 Å². The number of β-amino-alcohol motifs (C(OH)–C–C–N with tert-alkyl or cyclic N) is 1. The van der Waals surface area contributed by atoms with Crippen molar-refractivity contribution in [3.63, 3.8) is 0 Å². The van der Waals surface area contributed by atoms with Gasteiger partial charge in [-0.3, -0.25) is 0 Å². The highest BCUT2D eigenvalue weighted by Gasteiger charge is 2.28. The van der Waals surface area contributed by atoms with Gasteiger partial charge >= 0.3 is 0 Å². The molecule has 0 saturated carbocycles. The lowest BCUT2D eigenvalue weighted by atomic mass is 10.2. The normalized spacial score (nSPS) is 22.8. The molecule has 100 valence electrons. The van der Waals surface area contributed by atoms with Gasteiger partial charge in [0.05, 0.1) is 12.1 Å². The summed E-state index contributed by atoms with van der Waals surface area (Å²) in [5.41, 5.74) is 0.420. The van der Waals surface area contributed by atoms with E-state index in [4.69, 9.17) is 9.63 Å². The van der Waals surface area contributed by atoms with E-state index in [0.717, 1.165) is 6.07 Å². The molecule has 1 aromatic carbocycles. The number of hydrogen-bond acceptors (Lipinski definition) is 6. The van der Waals surface area contributed by atoms with Crippen molar-refractivity contribution in [1.82, 2.24) is 15.5 Å². The molecule has 1 aliphatic rings. The van der Waals surface area contributed by atoms with Crippen LogP contribution in [0.5, 0.6) is 5.75 Å². The molecule has 0 aliphatic carbocycles. The third-order valence-corrected chi connectivity index (χ3v) is 3.05. The second-order valence-electron chi connectivity index (χ2n) is 4.47. The first-order valence-corrected chi connectivity index (χ1v) is 5.87. The van der Waals surface area contributed by atoms with Gasteiger partial charge in [-0.2, -0.15) is 4.98 Å². The lowest BCUT2D eigenvalue weighted by Crippen LogP contribution is -2.15. The SMILES string of the molecule is Oc1ccc(-c2noc([C@@H]3C[C@@H](O)CN3)n2)cc1F.